The summed E-state index contributed by atoms with van der Waals surface area (Å²) in [7, 11) is -3.49. The van der Waals surface area contributed by atoms with Gasteiger partial charge >= 0.3 is 12.1 Å². The number of piperazine rings is 1. The molecule has 1 aliphatic rings. The van der Waals surface area contributed by atoms with E-state index in [4.69, 9.17) is 14.3 Å². The molecule has 1 N–H and O–H groups in total. The Bertz CT molecular complexity index is 1450. The molecule has 45 heavy (non-hydrogen) atoms. The van der Waals surface area contributed by atoms with Crippen molar-refractivity contribution in [2.75, 3.05) is 38.5 Å². The lowest BCUT2D eigenvalue weighted by Crippen LogP contribution is -2.55. The number of carbonyl (C=O) groups excluding carboxylic acids is 4. The fourth-order valence-corrected chi connectivity index (χ4v) is 5.15. The van der Waals surface area contributed by atoms with Crippen molar-refractivity contribution >= 4 is 33.8 Å². The molecule has 15 heteroatoms. The number of hydrogen-bond donors (Lipinski definition) is 1. The summed E-state index contributed by atoms with van der Waals surface area (Å²) < 4.78 is 35.0. The zero-order chi connectivity index (χ0) is 33.2. The lowest BCUT2D eigenvalue weighted by Gasteiger charge is -2.35. The summed E-state index contributed by atoms with van der Waals surface area (Å²) >= 11 is 0. The highest BCUT2D eigenvalue weighted by Crippen LogP contribution is 2.18. The van der Waals surface area contributed by atoms with Gasteiger partial charge in [-0.2, -0.15) is 0 Å². The molecular formula is C30H41N5O9S. The first kappa shape index (κ1) is 35.4. The first-order valence-corrected chi connectivity index (χ1v) is 16.6. The molecule has 1 aromatic carbocycles. The molecule has 1 aromatic heterocycles. The molecule has 0 unspecified atom stereocenters. The number of amides is 2. The Morgan fingerprint density at radius 3 is 2.27 bits per heavy atom. The molecule has 0 aliphatic carbocycles. The minimum atomic E-state index is -3.49. The topological polar surface area (TPSA) is 174 Å². The molecule has 2 heterocycles. The van der Waals surface area contributed by atoms with Crippen molar-refractivity contribution in [2.24, 2.45) is 0 Å². The molecule has 14 nitrogen and oxygen atoms in total. The summed E-state index contributed by atoms with van der Waals surface area (Å²) in [5.41, 5.74) is -0.167. The van der Waals surface area contributed by atoms with E-state index in [1.54, 1.807) is 58.0 Å². The molecule has 0 saturated carbocycles. The molecule has 2 amide bonds. The number of rotatable bonds is 12. The number of benzene rings is 1. The van der Waals surface area contributed by atoms with Crippen LogP contribution in [0.25, 0.3) is 11.4 Å². The number of hydroxylamine groups is 2. The molecule has 0 radical (unpaired) electrons. The predicted octanol–water partition coefficient (Wildman–Crippen LogP) is 2.53. The summed E-state index contributed by atoms with van der Waals surface area (Å²) in [5, 5.41) is 4.08. The summed E-state index contributed by atoms with van der Waals surface area (Å²) in [6, 6.07) is 8.93. The van der Waals surface area contributed by atoms with E-state index in [1.807, 2.05) is 0 Å². The van der Waals surface area contributed by atoms with E-state index in [2.05, 4.69) is 15.3 Å². The highest BCUT2D eigenvalue weighted by molar-refractivity contribution is 7.90. The summed E-state index contributed by atoms with van der Waals surface area (Å²) in [5.74, 6) is -2.09. The summed E-state index contributed by atoms with van der Waals surface area (Å²) in [6.07, 6.45) is -1.06. The van der Waals surface area contributed by atoms with Gasteiger partial charge in [0.25, 0.3) is 5.91 Å². The van der Waals surface area contributed by atoms with E-state index in [9.17, 15) is 27.6 Å². The third kappa shape index (κ3) is 11.4. The molecule has 0 spiro atoms. The highest BCUT2D eigenvalue weighted by atomic mass is 32.2. The molecule has 0 bridgehead atoms. The quantitative estimate of drug-likeness (QED) is 0.334. The Morgan fingerprint density at radius 1 is 1.00 bits per heavy atom. The first-order valence-electron chi connectivity index (χ1n) is 14.7. The number of hydrogen-bond acceptors (Lipinski definition) is 12. The predicted molar refractivity (Wildman–Crippen MR) is 163 cm³/mol. The Balaban J connectivity index is 1.85. The molecule has 2 aromatic rings. The Morgan fingerprint density at radius 2 is 1.67 bits per heavy atom. The van der Waals surface area contributed by atoms with Crippen LogP contribution in [-0.2, 0) is 39.5 Å². The van der Waals surface area contributed by atoms with Crippen molar-refractivity contribution in [3.8, 4) is 11.4 Å². The van der Waals surface area contributed by atoms with Crippen LogP contribution in [0.5, 0.6) is 0 Å². The maximum absolute atomic E-state index is 13.7. The maximum Gasteiger partial charge on any atom is 0.527 e. The average molecular weight is 648 g/mol. The van der Waals surface area contributed by atoms with Gasteiger partial charge in [0.05, 0.1) is 31.1 Å². The van der Waals surface area contributed by atoms with Crippen LogP contribution in [0, 0.1) is 0 Å². The van der Waals surface area contributed by atoms with E-state index in [0.717, 1.165) is 0 Å². The normalized spacial score (nSPS) is 14.7. The Labute approximate surface area is 263 Å². The molecule has 1 saturated heterocycles. The van der Waals surface area contributed by atoms with Gasteiger partial charge in [0.2, 0.25) is 5.91 Å². The van der Waals surface area contributed by atoms with Crippen molar-refractivity contribution < 1.29 is 41.9 Å². The monoisotopic (exact) mass is 647 g/mol. The second-order valence-corrected chi connectivity index (χ2v) is 13.6. The average Bonchev–Trinajstić information content (AvgIpc) is 2.98. The van der Waals surface area contributed by atoms with Crippen LogP contribution in [0.2, 0.25) is 0 Å². The van der Waals surface area contributed by atoms with Crippen LogP contribution in [0.3, 0.4) is 0 Å². The van der Waals surface area contributed by atoms with Gasteiger partial charge in [-0.1, -0.05) is 37.3 Å². The van der Waals surface area contributed by atoms with Gasteiger partial charge in [-0.05, 0) is 40.2 Å². The first-order chi connectivity index (χ1) is 21.2. The van der Waals surface area contributed by atoms with Crippen LogP contribution in [0.15, 0.2) is 36.4 Å². The Kier molecular flexibility index (Phi) is 12.4. The van der Waals surface area contributed by atoms with Gasteiger partial charge in [0.15, 0.2) is 15.7 Å². The molecule has 1 fully saturated rings. The lowest BCUT2D eigenvalue weighted by atomic mass is 10.1. The second-order valence-electron chi connectivity index (χ2n) is 11.3. The van der Waals surface area contributed by atoms with E-state index in [1.165, 1.54) is 23.0 Å². The van der Waals surface area contributed by atoms with Crippen LogP contribution in [0.4, 0.5) is 4.79 Å². The summed E-state index contributed by atoms with van der Waals surface area (Å²) in [4.78, 5) is 66.8. The van der Waals surface area contributed by atoms with Crippen molar-refractivity contribution in [3.05, 3.63) is 47.8 Å². The largest absolute Gasteiger partial charge is 0.527 e. The van der Waals surface area contributed by atoms with Crippen molar-refractivity contribution in [2.45, 2.75) is 64.9 Å². The van der Waals surface area contributed by atoms with Crippen LogP contribution in [0.1, 0.15) is 63.6 Å². The summed E-state index contributed by atoms with van der Waals surface area (Å²) in [6.45, 7) is 9.29. The maximum atomic E-state index is 13.7. The minimum absolute atomic E-state index is 0.0628. The van der Waals surface area contributed by atoms with Crippen LogP contribution >= 0.6 is 0 Å². The van der Waals surface area contributed by atoms with E-state index in [0.29, 0.717) is 5.56 Å². The zero-order valence-corrected chi connectivity index (χ0v) is 27.1. The van der Waals surface area contributed by atoms with Crippen LogP contribution < -0.4 is 5.32 Å². The van der Waals surface area contributed by atoms with Crippen molar-refractivity contribution in [3.63, 3.8) is 0 Å². The second kappa shape index (κ2) is 15.8. The van der Waals surface area contributed by atoms with Gasteiger partial charge in [-0.3, -0.25) is 14.4 Å². The van der Waals surface area contributed by atoms with Gasteiger partial charge in [0.1, 0.15) is 17.3 Å². The van der Waals surface area contributed by atoms with Gasteiger partial charge in [0, 0.05) is 30.8 Å². The molecule has 246 valence electrons. The number of aromatic nitrogens is 2. The third-order valence-electron chi connectivity index (χ3n) is 6.53. The fourth-order valence-electron chi connectivity index (χ4n) is 4.35. The molecular weight excluding hydrogens is 606 g/mol. The Hall–Kier alpha value is -4.11. The lowest BCUT2D eigenvalue weighted by molar-refractivity contribution is -0.158. The van der Waals surface area contributed by atoms with Gasteiger partial charge in [-0.15, -0.1) is 5.06 Å². The highest BCUT2D eigenvalue weighted by Gasteiger charge is 2.32. The smallest absolute Gasteiger partial charge is 0.460 e. The fraction of sp³-hybridized carbons (Fsp3) is 0.533. The van der Waals surface area contributed by atoms with Gasteiger partial charge in [-0.25, -0.2) is 23.2 Å². The van der Waals surface area contributed by atoms with Crippen molar-refractivity contribution in [1.82, 2.24) is 25.2 Å². The SMILES string of the molecule is CCOC(=O)ON1CCN(C(=O)[C@H](CCC(=O)OC(C)(C)C)NC(=O)c2cc(CS(=O)(=O)CC)nc(-c3ccccc3)n2)CC1. The van der Waals surface area contributed by atoms with Gasteiger partial charge < -0.3 is 24.5 Å². The zero-order valence-electron chi connectivity index (χ0n) is 26.3. The van der Waals surface area contributed by atoms with Crippen LogP contribution in [-0.4, -0.2) is 102 Å². The van der Waals surface area contributed by atoms with E-state index in [-0.39, 0.29) is 68.6 Å². The minimum Gasteiger partial charge on any atom is -0.460 e. The standard InChI is InChI=1S/C30H41N5O9S/c1-6-42-29(39)44-35-17-15-34(16-18-35)28(38)23(13-14-25(36)43-30(3,4)5)33-27(37)24-19-22(20-45(40,41)7-2)31-26(32-24)21-11-9-8-10-12-21/h8-12,19,23H,6-7,13-18,20H2,1-5H3,(H,33,37)/t23-/m0/s1. The third-order valence-corrected chi connectivity index (χ3v) is 8.14. The van der Waals surface area contributed by atoms with E-state index < -0.39 is 51.2 Å². The number of esters is 1. The molecule has 3 rings (SSSR count). The van der Waals surface area contributed by atoms with Crippen molar-refractivity contribution in [1.29, 1.82) is 0 Å². The number of nitrogens with one attached hydrogen (secondary N) is 1. The number of ether oxygens (including phenoxy) is 2. The number of nitrogens with zero attached hydrogens (tertiary/aromatic N) is 4. The molecule has 1 atom stereocenters. The van der Waals surface area contributed by atoms with E-state index >= 15 is 0 Å². The molecule has 1 aliphatic heterocycles. The number of carbonyl (C=O) groups is 4. The number of sulfone groups is 1.